The molecule has 0 radical (unpaired) electrons. The van der Waals surface area contributed by atoms with Crippen molar-refractivity contribution in [1.82, 2.24) is 5.32 Å². The van der Waals surface area contributed by atoms with Crippen LogP contribution >= 0.6 is 0 Å². The highest BCUT2D eigenvalue weighted by Crippen LogP contribution is 2.09. The summed E-state index contributed by atoms with van der Waals surface area (Å²) in [7, 11) is 1.52. The van der Waals surface area contributed by atoms with Crippen molar-refractivity contribution in [2.24, 2.45) is 5.73 Å². The molecule has 0 saturated carbocycles. The van der Waals surface area contributed by atoms with E-state index in [-0.39, 0.29) is 12.5 Å². The number of nitrogens with two attached hydrogens (primary N) is 1. The number of hydrogen-bond acceptors (Lipinski definition) is 4. The normalized spacial score (nSPS) is 13.9. The summed E-state index contributed by atoms with van der Waals surface area (Å²) in [6, 6.07) is 0. The molecular weight excluding hydrogens is 232 g/mol. The Morgan fingerprint density at radius 2 is 2.00 bits per heavy atom. The zero-order chi connectivity index (χ0) is 13.9. The molecule has 1 unspecified atom stereocenters. The molecule has 0 bridgehead atoms. The number of hydrogen-bond donors (Lipinski definition) is 2. The lowest BCUT2D eigenvalue weighted by Crippen LogP contribution is -2.52. The summed E-state index contributed by atoms with van der Waals surface area (Å²) in [5.41, 5.74) is 4.52. The van der Waals surface area contributed by atoms with Gasteiger partial charge in [0.1, 0.15) is 11.8 Å². The van der Waals surface area contributed by atoms with Gasteiger partial charge < -0.3 is 20.6 Å². The minimum Gasteiger partial charge on any atom is -0.382 e. The summed E-state index contributed by atoms with van der Waals surface area (Å²) < 4.78 is 4.99. The minimum atomic E-state index is -0.872. The summed E-state index contributed by atoms with van der Waals surface area (Å²) >= 11 is 0. The summed E-state index contributed by atoms with van der Waals surface area (Å²) in [6.45, 7) is 2.77. The summed E-state index contributed by atoms with van der Waals surface area (Å²) in [5, 5.41) is 2.77. The average molecular weight is 258 g/mol. The van der Waals surface area contributed by atoms with Gasteiger partial charge in [-0.05, 0) is 25.8 Å². The summed E-state index contributed by atoms with van der Waals surface area (Å²) in [4.78, 5) is 22.8. The van der Waals surface area contributed by atoms with Gasteiger partial charge >= 0.3 is 0 Å². The van der Waals surface area contributed by atoms with E-state index >= 15 is 0 Å². The average Bonchev–Trinajstić information content (AvgIpc) is 2.38. The molecule has 0 aromatic rings. The van der Waals surface area contributed by atoms with Gasteiger partial charge in [0, 0.05) is 13.5 Å². The molecule has 0 saturated heterocycles. The van der Waals surface area contributed by atoms with E-state index in [0.29, 0.717) is 19.4 Å². The van der Waals surface area contributed by atoms with Crippen molar-refractivity contribution in [2.75, 3.05) is 20.3 Å². The Morgan fingerprint density at radius 3 is 2.50 bits per heavy atom. The van der Waals surface area contributed by atoms with Crippen LogP contribution in [0.2, 0.25) is 0 Å². The maximum absolute atomic E-state index is 11.7. The van der Waals surface area contributed by atoms with Crippen molar-refractivity contribution < 1.29 is 14.3 Å². The van der Waals surface area contributed by atoms with Crippen molar-refractivity contribution in [2.45, 2.75) is 51.0 Å². The van der Waals surface area contributed by atoms with Crippen LogP contribution in [0.25, 0.3) is 0 Å². The minimum absolute atomic E-state index is 0.0891. The van der Waals surface area contributed by atoms with Crippen molar-refractivity contribution in [3.63, 3.8) is 0 Å². The van der Waals surface area contributed by atoms with Crippen molar-refractivity contribution in [1.29, 1.82) is 0 Å². The molecule has 0 heterocycles. The quantitative estimate of drug-likeness (QED) is 0.428. The molecule has 0 aromatic heterocycles. The number of amides is 1. The van der Waals surface area contributed by atoms with Crippen LogP contribution in [0.5, 0.6) is 0 Å². The van der Waals surface area contributed by atoms with Gasteiger partial charge in [0.2, 0.25) is 5.91 Å². The highest BCUT2D eigenvalue weighted by molar-refractivity contribution is 5.81. The Balaban J connectivity index is 3.99. The van der Waals surface area contributed by atoms with Gasteiger partial charge in [0.25, 0.3) is 0 Å². The van der Waals surface area contributed by atoms with Crippen LogP contribution in [0, 0.1) is 0 Å². The number of unbranched alkanes of at least 4 members (excludes halogenated alkanes) is 3. The molecule has 1 atom stereocenters. The first kappa shape index (κ1) is 17.1. The number of carbonyl (C=O) groups excluding carboxylic acids is 2. The molecule has 0 rings (SSSR count). The first-order valence-corrected chi connectivity index (χ1v) is 6.60. The van der Waals surface area contributed by atoms with E-state index in [0.717, 1.165) is 32.0 Å². The first-order chi connectivity index (χ1) is 8.64. The van der Waals surface area contributed by atoms with Crippen LogP contribution in [0.15, 0.2) is 0 Å². The van der Waals surface area contributed by atoms with E-state index in [9.17, 15) is 9.59 Å². The van der Waals surface area contributed by atoms with Crippen LogP contribution in [-0.2, 0) is 14.3 Å². The first-order valence-electron chi connectivity index (χ1n) is 6.60. The van der Waals surface area contributed by atoms with E-state index in [4.69, 9.17) is 10.5 Å². The van der Waals surface area contributed by atoms with Crippen LogP contribution in [-0.4, -0.2) is 38.0 Å². The second-order valence-corrected chi connectivity index (χ2v) is 4.56. The highest BCUT2D eigenvalue weighted by atomic mass is 16.5. The van der Waals surface area contributed by atoms with Gasteiger partial charge in [-0.25, -0.2) is 0 Å². The fourth-order valence-corrected chi connectivity index (χ4v) is 1.75. The molecule has 18 heavy (non-hydrogen) atoms. The second kappa shape index (κ2) is 10.0. The molecule has 0 aromatic carbocycles. The Kier molecular flexibility index (Phi) is 9.50. The van der Waals surface area contributed by atoms with E-state index in [1.54, 1.807) is 0 Å². The van der Waals surface area contributed by atoms with Crippen LogP contribution in [0.4, 0.5) is 0 Å². The predicted molar refractivity (Wildman–Crippen MR) is 71.2 cm³/mol. The zero-order valence-electron chi connectivity index (χ0n) is 11.5. The van der Waals surface area contributed by atoms with Gasteiger partial charge in [-0.2, -0.15) is 0 Å². The van der Waals surface area contributed by atoms with E-state index in [1.165, 1.54) is 7.11 Å². The fraction of sp³-hybridized carbons (Fsp3) is 0.846. The van der Waals surface area contributed by atoms with Gasteiger partial charge in [0.05, 0.1) is 6.61 Å². The lowest BCUT2D eigenvalue weighted by Gasteiger charge is -2.27. The summed E-state index contributed by atoms with van der Waals surface area (Å²) in [5.74, 6) is -0.0891. The highest BCUT2D eigenvalue weighted by Gasteiger charge is 2.29. The van der Waals surface area contributed by atoms with Crippen molar-refractivity contribution in [3.05, 3.63) is 0 Å². The smallest absolute Gasteiger partial charge is 0.220 e. The molecule has 0 fully saturated rings. The third-order valence-electron chi connectivity index (χ3n) is 3.00. The molecule has 5 heteroatoms. The third-order valence-corrected chi connectivity index (χ3v) is 3.00. The number of aldehydes is 1. The number of nitrogens with one attached hydrogen (secondary N) is 1. The molecule has 5 nitrogen and oxygen atoms in total. The molecule has 1 amide bonds. The number of carbonyl (C=O) groups is 2. The second-order valence-electron chi connectivity index (χ2n) is 4.56. The van der Waals surface area contributed by atoms with Gasteiger partial charge in [0.15, 0.2) is 0 Å². The molecule has 106 valence electrons. The maximum atomic E-state index is 11.7. The van der Waals surface area contributed by atoms with Gasteiger partial charge in [-0.1, -0.05) is 19.8 Å². The standard InChI is InChI=1S/C13H26N2O3/c1-3-13(10-16,11-18-2)15-12(17)8-6-4-5-7-9-14/h10H,3-9,11,14H2,1-2H3,(H,15,17). The molecule has 0 aliphatic rings. The molecule has 0 spiro atoms. The van der Waals surface area contributed by atoms with E-state index in [2.05, 4.69) is 5.32 Å². The van der Waals surface area contributed by atoms with E-state index in [1.807, 2.05) is 6.92 Å². The topological polar surface area (TPSA) is 81.4 Å². The zero-order valence-corrected chi connectivity index (χ0v) is 11.5. The van der Waals surface area contributed by atoms with Crippen LogP contribution in [0.1, 0.15) is 45.4 Å². The van der Waals surface area contributed by atoms with Gasteiger partial charge in [-0.15, -0.1) is 0 Å². The van der Waals surface area contributed by atoms with Gasteiger partial charge in [-0.3, -0.25) is 4.79 Å². The predicted octanol–water partition coefficient (Wildman–Crippen LogP) is 1.01. The lowest BCUT2D eigenvalue weighted by atomic mass is 9.99. The molecule has 0 aliphatic carbocycles. The number of methoxy groups -OCH3 is 1. The SMILES string of the molecule is CCC(C=O)(COC)NC(=O)CCCCCCN. The van der Waals surface area contributed by atoms with Crippen LogP contribution < -0.4 is 11.1 Å². The lowest BCUT2D eigenvalue weighted by molar-refractivity contribution is -0.128. The Hall–Kier alpha value is -0.940. The van der Waals surface area contributed by atoms with Crippen LogP contribution in [0.3, 0.4) is 0 Å². The maximum Gasteiger partial charge on any atom is 0.220 e. The summed E-state index contributed by atoms with van der Waals surface area (Å²) in [6.07, 6.45) is 5.62. The largest absolute Gasteiger partial charge is 0.382 e. The Labute approximate surface area is 109 Å². The molecule has 3 N–H and O–H groups in total. The number of rotatable bonds is 11. The van der Waals surface area contributed by atoms with Crippen molar-refractivity contribution in [3.8, 4) is 0 Å². The Bertz CT molecular complexity index is 246. The number of ether oxygens (including phenoxy) is 1. The third kappa shape index (κ3) is 6.71. The van der Waals surface area contributed by atoms with E-state index < -0.39 is 5.54 Å². The van der Waals surface area contributed by atoms with Crippen molar-refractivity contribution >= 4 is 12.2 Å². The monoisotopic (exact) mass is 258 g/mol. The molecular formula is C13H26N2O3. The fourth-order valence-electron chi connectivity index (χ4n) is 1.75. The Morgan fingerprint density at radius 1 is 1.33 bits per heavy atom. The molecule has 0 aliphatic heterocycles.